The third-order valence-electron chi connectivity index (χ3n) is 3.84. The molecule has 0 aliphatic rings. The fraction of sp³-hybridized carbons (Fsp3) is 0. The van der Waals surface area contributed by atoms with Gasteiger partial charge in [-0.2, -0.15) is 10.4 Å². The second kappa shape index (κ2) is 9.44. The maximum atomic E-state index is 12.2. The molecule has 1 N–H and O–H groups in total. The molecule has 0 radical (unpaired) electrons. The lowest BCUT2D eigenvalue weighted by atomic mass is 10.1. The topological polar surface area (TPSA) is 91.6 Å². The zero-order chi connectivity index (χ0) is 20.6. The Hall–Kier alpha value is -3.76. The van der Waals surface area contributed by atoms with E-state index in [0.29, 0.717) is 32.5 Å². The average molecular weight is 448 g/mol. The number of halogens is 1. The molecule has 0 aromatic heterocycles. The van der Waals surface area contributed by atoms with E-state index in [0.717, 1.165) is 0 Å². The highest BCUT2D eigenvalue weighted by Gasteiger charge is 2.11. The van der Waals surface area contributed by atoms with Crippen LogP contribution in [-0.2, 0) is 0 Å². The van der Waals surface area contributed by atoms with Gasteiger partial charge in [-0.05, 0) is 82.2 Å². The van der Waals surface area contributed by atoms with Crippen LogP contribution in [-0.4, -0.2) is 18.1 Å². The Balaban J connectivity index is 1.57. The molecule has 6 nitrogen and oxygen atoms in total. The Morgan fingerprint density at radius 1 is 1.00 bits per heavy atom. The minimum Gasteiger partial charge on any atom is -0.423 e. The number of amides is 1. The molecule has 3 rings (SSSR count). The van der Waals surface area contributed by atoms with Crippen molar-refractivity contribution in [3.8, 4) is 11.8 Å². The number of hydrazone groups is 1. The first-order chi connectivity index (χ1) is 14.1. The van der Waals surface area contributed by atoms with Crippen LogP contribution in [0.1, 0.15) is 31.8 Å². The van der Waals surface area contributed by atoms with Crippen molar-refractivity contribution in [2.24, 2.45) is 5.10 Å². The molecule has 0 aliphatic heterocycles. The fourth-order valence-corrected chi connectivity index (χ4v) is 2.78. The van der Waals surface area contributed by atoms with Gasteiger partial charge in [0.2, 0.25) is 0 Å². The Bertz CT molecular complexity index is 1100. The van der Waals surface area contributed by atoms with Crippen molar-refractivity contribution in [2.75, 3.05) is 0 Å². The van der Waals surface area contributed by atoms with E-state index in [-0.39, 0.29) is 5.91 Å². The number of benzene rings is 3. The lowest BCUT2D eigenvalue weighted by molar-refractivity contribution is 0.0733. The zero-order valence-corrected chi connectivity index (χ0v) is 16.6. The first kappa shape index (κ1) is 20.0. The molecular weight excluding hydrogens is 434 g/mol. The van der Waals surface area contributed by atoms with Gasteiger partial charge in [-0.25, -0.2) is 10.2 Å². The van der Waals surface area contributed by atoms with Crippen molar-refractivity contribution in [3.63, 3.8) is 0 Å². The maximum absolute atomic E-state index is 12.2. The molecule has 0 saturated heterocycles. The van der Waals surface area contributed by atoms with Gasteiger partial charge in [0, 0.05) is 10.0 Å². The van der Waals surface area contributed by atoms with E-state index < -0.39 is 5.97 Å². The largest absolute Gasteiger partial charge is 0.423 e. The van der Waals surface area contributed by atoms with Gasteiger partial charge in [0.1, 0.15) is 5.75 Å². The van der Waals surface area contributed by atoms with Gasteiger partial charge in [0.15, 0.2) is 0 Å². The van der Waals surface area contributed by atoms with Gasteiger partial charge in [0.05, 0.1) is 23.4 Å². The standard InChI is InChI=1S/C22H14BrN3O3/c23-20-4-2-1-3-19(20)22(28)29-18-11-7-16(8-12-18)14-25-26-21(27)17-9-5-15(13-24)6-10-17/h1-12,14H,(H,26,27)/b25-14+. The van der Waals surface area contributed by atoms with Crippen molar-refractivity contribution in [3.05, 3.63) is 99.5 Å². The summed E-state index contributed by atoms with van der Waals surface area (Å²) < 4.78 is 6.01. The van der Waals surface area contributed by atoms with E-state index in [1.165, 1.54) is 6.21 Å². The molecule has 3 aromatic rings. The van der Waals surface area contributed by atoms with Crippen LogP contribution in [0.25, 0.3) is 0 Å². The van der Waals surface area contributed by atoms with E-state index in [4.69, 9.17) is 10.00 Å². The van der Waals surface area contributed by atoms with Gasteiger partial charge >= 0.3 is 5.97 Å². The van der Waals surface area contributed by atoms with Crippen LogP contribution in [0.15, 0.2) is 82.4 Å². The van der Waals surface area contributed by atoms with E-state index in [2.05, 4.69) is 26.5 Å². The molecule has 0 heterocycles. The van der Waals surface area contributed by atoms with E-state index in [1.54, 1.807) is 66.7 Å². The third kappa shape index (κ3) is 5.37. The quantitative estimate of drug-likeness (QED) is 0.273. The second-order valence-electron chi connectivity index (χ2n) is 5.83. The monoisotopic (exact) mass is 447 g/mol. The summed E-state index contributed by atoms with van der Waals surface area (Å²) >= 11 is 3.32. The van der Waals surface area contributed by atoms with E-state index >= 15 is 0 Å². The summed E-state index contributed by atoms with van der Waals surface area (Å²) in [4.78, 5) is 24.2. The molecule has 0 unspecified atom stereocenters. The number of rotatable bonds is 5. The van der Waals surface area contributed by atoms with Gasteiger partial charge in [-0.1, -0.05) is 12.1 Å². The van der Waals surface area contributed by atoms with Gasteiger partial charge in [-0.15, -0.1) is 0 Å². The number of nitriles is 1. The number of esters is 1. The molecule has 29 heavy (non-hydrogen) atoms. The van der Waals surface area contributed by atoms with Crippen LogP contribution in [0.4, 0.5) is 0 Å². The van der Waals surface area contributed by atoms with Crippen LogP contribution in [0.3, 0.4) is 0 Å². The van der Waals surface area contributed by atoms with Crippen LogP contribution in [0.5, 0.6) is 5.75 Å². The Labute approximate surface area is 175 Å². The molecule has 0 bridgehead atoms. The normalized spacial score (nSPS) is 10.3. The number of nitrogens with zero attached hydrogens (tertiary/aromatic N) is 2. The van der Waals surface area contributed by atoms with E-state index in [1.807, 2.05) is 12.1 Å². The highest BCUT2D eigenvalue weighted by atomic mass is 79.9. The predicted octanol–water partition coefficient (Wildman–Crippen LogP) is 4.30. The van der Waals surface area contributed by atoms with Crippen molar-refractivity contribution < 1.29 is 14.3 Å². The first-order valence-electron chi connectivity index (χ1n) is 8.47. The lowest BCUT2D eigenvalue weighted by Gasteiger charge is -2.06. The number of carbonyl (C=O) groups is 2. The average Bonchev–Trinajstić information content (AvgIpc) is 2.75. The molecule has 0 atom stereocenters. The van der Waals surface area contributed by atoms with Gasteiger partial charge in [-0.3, -0.25) is 4.79 Å². The summed E-state index contributed by atoms with van der Waals surface area (Å²) in [5.41, 5.74) is 4.44. The summed E-state index contributed by atoms with van der Waals surface area (Å²) in [5.74, 6) is -0.456. The fourth-order valence-electron chi connectivity index (χ4n) is 2.34. The SMILES string of the molecule is N#Cc1ccc(C(=O)N/N=C/c2ccc(OC(=O)c3ccccc3Br)cc2)cc1. The van der Waals surface area contributed by atoms with Crippen molar-refractivity contribution in [1.29, 1.82) is 5.26 Å². The number of carbonyl (C=O) groups excluding carboxylic acids is 2. The number of nitrogens with one attached hydrogen (secondary N) is 1. The van der Waals surface area contributed by atoms with Crippen LogP contribution in [0.2, 0.25) is 0 Å². The number of ether oxygens (including phenoxy) is 1. The minimum absolute atomic E-state index is 0.385. The summed E-state index contributed by atoms with van der Waals surface area (Å²) in [6.07, 6.45) is 1.47. The molecule has 3 aromatic carbocycles. The predicted molar refractivity (Wildman–Crippen MR) is 112 cm³/mol. The highest BCUT2D eigenvalue weighted by molar-refractivity contribution is 9.10. The second-order valence-corrected chi connectivity index (χ2v) is 6.68. The number of hydrogen-bond donors (Lipinski definition) is 1. The highest BCUT2D eigenvalue weighted by Crippen LogP contribution is 2.19. The Morgan fingerprint density at radius 3 is 2.34 bits per heavy atom. The Morgan fingerprint density at radius 2 is 1.69 bits per heavy atom. The van der Waals surface area contributed by atoms with Crippen molar-refractivity contribution >= 4 is 34.0 Å². The summed E-state index contributed by atoms with van der Waals surface area (Å²) in [6.45, 7) is 0. The number of hydrogen-bond acceptors (Lipinski definition) is 5. The minimum atomic E-state index is -0.464. The molecule has 1 amide bonds. The molecule has 0 fully saturated rings. The van der Waals surface area contributed by atoms with E-state index in [9.17, 15) is 9.59 Å². The summed E-state index contributed by atoms with van der Waals surface area (Å²) in [6, 6.07) is 21.9. The molecule has 0 saturated carbocycles. The van der Waals surface area contributed by atoms with Crippen LogP contribution < -0.4 is 10.2 Å². The molecule has 7 heteroatoms. The molecular formula is C22H14BrN3O3. The van der Waals surface area contributed by atoms with Gasteiger partial charge < -0.3 is 4.74 Å². The maximum Gasteiger partial charge on any atom is 0.344 e. The van der Waals surface area contributed by atoms with Gasteiger partial charge in [0.25, 0.3) is 5.91 Å². The zero-order valence-electron chi connectivity index (χ0n) is 15.0. The molecule has 0 aliphatic carbocycles. The third-order valence-corrected chi connectivity index (χ3v) is 4.53. The van der Waals surface area contributed by atoms with Crippen LogP contribution in [0, 0.1) is 11.3 Å². The Kier molecular flexibility index (Phi) is 6.51. The van der Waals surface area contributed by atoms with Crippen molar-refractivity contribution in [2.45, 2.75) is 0 Å². The first-order valence-corrected chi connectivity index (χ1v) is 9.26. The molecule has 142 valence electrons. The van der Waals surface area contributed by atoms with Crippen LogP contribution >= 0.6 is 15.9 Å². The lowest BCUT2D eigenvalue weighted by Crippen LogP contribution is -2.17. The smallest absolute Gasteiger partial charge is 0.344 e. The summed E-state index contributed by atoms with van der Waals surface area (Å²) in [7, 11) is 0. The molecule has 0 spiro atoms. The summed E-state index contributed by atoms with van der Waals surface area (Å²) in [5, 5.41) is 12.7. The van der Waals surface area contributed by atoms with Crippen molar-refractivity contribution in [1.82, 2.24) is 5.43 Å².